The van der Waals surface area contributed by atoms with E-state index in [0.29, 0.717) is 11.3 Å². The van der Waals surface area contributed by atoms with Gasteiger partial charge in [0.2, 0.25) is 0 Å². The molecule has 3 aromatic rings. The van der Waals surface area contributed by atoms with Crippen molar-refractivity contribution in [1.82, 2.24) is 0 Å². The Morgan fingerprint density at radius 2 is 1.56 bits per heavy atom. The summed E-state index contributed by atoms with van der Waals surface area (Å²) in [6.07, 6.45) is 0. The molecule has 1 amide bonds. The van der Waals surface area contributed by atoms with Crippen molar-refractivity contribution in [1.29, 1.82) is 0 Å². The predicted octanol–water partition coefficient (Wildman–Crippen LogP) is 4.25. The molecule has 0 bridgehead atoms. The first kappa shape index (κ1) is 23.0. The summed E-state index contributed by atoms with van der Waals surface area (Å²) < 4.78 is 32.2. The predicted molar refractivity (Wildman–Crippen MR) is 124 cm³/mol. The SMILES string of the molecule is CCOC(=O)c1ccc(NC(=O)c2ccccc2N(C)S(=O)(=O)c2ccc(C)cc2)cc1. The number of sulfonamides is 1. The molecule has 0 aliphatic carbocycles. The number of hydrogen-bond donors (Lipinski definition) is 1. The molecule has 166 valence electrons. The summed E-state index contributed by atoms with van der Waals surface area (Å²) in [5, 5.41) is 2.74. The number of esters is 1. The number of carbonyl (C=O) groups is 2. The number of rotatable bonds is 7. The number of para-hydroxylation sites is 1. The Bertz CT molecular complexity index is 1220. The van der Waals surface area contributed by atoms with Gasteiger partial charge >= 0.3 is 5.97 Å². The number of hydrogen-bond acceptors (Lipinski definition) is 5. The minimum Gasteiger partial charge on any atom is -0.462 e. The van der Waals surface area contributed by atoms with Crippen LogP contribution in [-0.4, -0.2) is 33.9 Å². The van der Waals surface area contributed by atoms with E-state index >= 15 is 0 Å². The molecule has 0 saturated heterocycles. The minimum absolute atomic E-state index is 0.135. The number of benzene rings is 3. The zero-order chi connectivity index (χ0) is 23.3. The highest BCUT2D eigenvalue weighted by Gasteiger charge is 2.25. The van der Waals surface area contributed by atoms with E-state index in [2.05, 4.69) is 5.32 Å². The topological polar surface area (TPSA) is 92.8 Å². The molecule has 0 fully saturated rings. The number of ether oxygens (including phenoxy) is 1. The van der Waals surface area contributed by atoms with Crippen LogP contribution in [0.2, 0.25) is 0 Å². The summed E-state index contributed by atoms with van der Waals surface area (Å²) in [6, 6.07) is 19.2. The first-order valence-corrected chi connectivity index (χ1v) is 11.4. The van der Waals surface area contributed by atoms with Gasteiger partial charge in [-0.3, -0.25) is 9.10 Å². The first-order valence-electron chi connectivity index (χ1n) is 9.97. The molecule has 3 aromatic carbocycles. The Labute approximate surface area is 187 Å². The van der Waals surface area contributed by atoms with Crippen LogP contribution in [0.5, 0.6) is 0 Å². The van der Waals surface area contributed by atoms with Crippen LogP contribution >= 0.6 is 0 Å². The van der Waals surface area contributed by atoms with Crippen LogP contribution < -0.4 is 9.62 Å². The molecule has 0 atom stereocenters. The van der Waals surface area contributed by atoms with Gasteiger partial charge in [-0.2, -0.15) is 0 Å². The lowest BCUT2D eigenvalue weighted by molar-refractivity contribution is 0.0526. The van der Waals surface area contributed by atoms with Gasteiger partial charge in [0.15, 0.2) is 0 Å². The second-order valence-corrected chi connectivity index (χ2v) is 9.02. The fourth-order valence-corrected chi connectivity index (χ4v) is 4.25. The van der Waals surface area contributed by atoms with Gasteiger partial charge in [-0.1, -0.05) is 29.8 Å². The normalized spacial score (nSPS) is 11.0. The zero-order valence-corrected chi connectivity index (χ0v) is 18.8. The molecule has 0 radical (unpaired) electrons. The fraction of sp³-hybridized carbons (Fsp3) is 0.167. The van der Waals surface area contributed by atoms with Crippen molar-refractivity contribution in [3.8, 4) is 0 Å². The van der Waals surface area contributed by atoms with Gasteiger partial charge in [0, 0.05) is 12.7 Å². The van der Waals surface area contributed by atoms with Gasteiger partial charge in [-0.15, -0.1) is 0 Å². The third kappa shape index (κ3) is 4.97. The molecule has 0 saturated carbocycles. The maximum Gasteiger partial charge on any atom is 0.338 e. The maximum absolute atomic E-state index is 13.1. The van der Waals surface area contributed by atoms with E-state index in [1.807, 2.05) is 6.92 Å². The number of amides is 1. The van der Waals surface area contributed by atoms with Gasteiger partial charge in [0.25, 0.3) is 15.9 Å². The van der Waals surface area contributed by atoms with Crippen LogP contribution in [0.15, 0.2) is 77.7 Å². The molecular formula is C24H24N2O5S. The Morgan fingerprint density at radius 3 is 2.19 bits per heavy atom. The number of carbonyl (C=O) groups excluding carboxylic acids is 2. The van der Waals surface area contributed by atoms with Crippen LogP contribution in [0.1, 0.15) is 33.2 Å². The second kappa shape index (κ2) is 9.65. The van der Waals surface area contributed by atoms with Gasteiger partial charge < -0.3 is 10.1 Å². The Morgan fingerprint density at radius 1 is 0.938 bits per heavy atom. The molecule has 0 aliphatic heterocycles. The van der Waals surface area contributed by atoms with Crippen molar-refractivity contribution in [3.63, 3.8) is 0 Å². The highest BCUT2D eigenvalue weighted by Crippen LogP contribution is 2.26. The number of nitrogens with zero attached hydrogens (tertiary/aromatic N) is 1. The van der Waals surface area contributed by atoms with Gasteiger partial charge in [-0.05, 0) is 62.4 Å². The molecule has 32 heavy (non-hydrogen) atoms. The highest BCUT2D eigenvalue weighted by molar-refractivity contribution is 7.92. The van der Waals surface area contributed by atoms with Crippen molar-refractivity contribution >= 4 is 33.3 Å². The van der Waals surface area contributed by atoms with Crippen LogP contribution in [0.3, 0.4) is 0 Å². The van der Waals surface area contributed by atoms with E-state index < -0.39 is 21.9 Å². The van der Waals surface area contributed by atoms with Crippen LogP contribution in [0.25, 0.3) is 0 Å². The summed E-state index contributed by atoms with van der Waals surface area (Å²) in [5.41, 5.74) is 2.21. The molecule has 0 heterocycles. The Hall–Kier alpha value is -3.65. The summed E-state index contributed by atoms with van der Waals surface area (Å²) in [4.78, 5) is 24.9. The summed E-state index contributed by atoms with van der Waals surface area (Å²) >= 11 is 0. The van der Waals surface area contributed by atoms with Crippen molar-refractivity contribution in [2.24, 2.45) is 0 Å². The van der Waals surface area contributed by atoms with Crippen molar-refractivity contribution < 1.29 is 22.7 Å². The molecular weight excluding hydrogens is 428 g/mol. The number of nitrogens with one attached hydrogen (secondary N) is 1. The molecule has 0 spiro atoms. The average molecular weight is 453 g/mol. The monoisotopic (exact) mass is 452 g/mol. The molecule has 0 aliphatic rings. The van der Waals surface area contributed by atoms with Gasteiger partial charge in [-0.25, -0.2) is 13.2 Å². The van der Waals surface area contributed by atoms with E-state index in [4.69, 9.17) is 4.74 Å². The highest BCUT2D eigenvalue weighted by atomic mass is 32.2. The largest absolute Gasteiger partial charge is 0.462 e. The van der Waals surface area contributed by atoms with E-state index in [-0.39, 0.29) is 22.8 Å². The van der Waals surface area contributed by atoms with Crippen molar-refractivity contribution in [2.45, 2.75) is 18.7 Å². The molecule has 8 heteroatoms. The number of anilines is 2. The van der Waals surface area contributed by atoms with Gasteiger partial charge in [0.05, 0.1) is 28.3 Å². The lowest BCUT2D eigenvalue weighted by Gasteiger charge is -2.22. The average Bonchev–Trinajstić information content (AvgIpc) is 2.79. The van der Waals surface area contributed by atoms with Crippen molar-refractivity contribution in [3.05, 3.63) is 89.5 Å². The van der Waals surface area contributed by atoms with E-state index in [0.717, 1.165) is 9.87 Å². The molecule has 1 N–H and O–H groups in total. The summed E-state index contributed by atoms with van der Waals surface area (Å²) in [7, 11) is -2.44. The quantitative estimate of drug-likeness (QED) is 0.541. The summed E-state index contributed by atoms with van der Waals surface area (Å²) in [5.74, 6) is -0.922. The van der Waals surface area contributed by atoms with Crippen LogP contribution in [0, 0.1) is 6.92 Å². The Kier molecular flexibility index (Phi) is 6.95. The molecule has 0 unspecified atom stereocenters. The maximum atomic E-state index is 13.1. The smallest absolute Gasteiger partial charge is 0.338 e. The van der Waals surface area contributed by atoms with Crippen LogP contribution in [0.4, 0.5) is 11.4 Å². The molecule has 0 aromatic heterocycles. The van der Waals surface area contributed by atoms with Gasteiger partial charge in [0.1, 0.15) is 0 Å². The van der Waals surface area contributed by atoms with E-state index in [9.17, 15) is 18.0 Å². The minimum atomic E-state index is -3.86. The zero-order valence-electron chi connectivity index (χ0n) is 18.0. The Balaban J connectivity index is 1.85. The van der Waals surface area contributed by atoms with Crippen LogP contribution in [-0.2, 0) is 14.8 Å². The summed E-state index contributed by atoms with van der Waals surface area (Å²) in [6.45, 7) is 3.87. The van der Waals surface area contributed by atoms with Crippen molar-refractivity contribution in [2.75, 3.05) is 23.3 Å². The van der Waals surface area contributed by atoms with E-state index in [1.165, 1.54) is 19.2 Å². The number of aryl methyl sites for hydroxylation is 1. The van der Waals surface area contributed by atoms with E-state index in [1.54, 1.807) is 67.6 Å². The lowest BCUT2D eigenvalue weighted by Crippen LogP contribution is -2.29. The first-order chi connectivity index (χ1) is 15.2. The standard InChI is InChI=1S/C24H24N2O5S/c1-4-31-24(28)18-11-13-19(14-12-18)25-23(27)21-7-5-6-8-22(21)26(3)32(29,30)20-15-9-17(2)10-16-20/h5-16H,4H2,1-3H3,(H,25,27). The molecule has 7 nitrogen and oxygen atoms in total. The second-order valence-electron chi connectivity index (χ2n) is 7.05. The lowest BCUT2D eigenvalue weighted by atomic mass is 10.1. The fourth-order valence-electron chi connectivity index (χ4n) is 3.04. The molecule has 3 rings (SSSR count). The third-order valence-electron chi connectivity index (χ3n) is 4.82. The third-order valence-corrected chi connectivity index (χ3v) is 6.61.